The van der Waals surface area contributed by atoms with Gasteiger partial charge in [0.15, 0.2) is 0 Å². The molecule has 6 nitrogen and oxygen atoms in total. The van der Waals surface area contributed by atoms with Crippen LogP contribution in [0.15, 0.2) is 54.6 Å². The average molecular weight is 432 g/mol. The summed E-state index contributed by atoms with van der Waals surface area (Å²) in [6.07, 6.45) is 1.92. The van der Waals surface area contributed by atoms with Crippen molar-refractivity contribution in [1.29, 1.82) is 0 Å². The molecular formula is C23H30ClN3O3. The van der Waals surface area contributed by atoms with Crippen molar-refractivity contribution >= 4 is 24.2 Å². The summed E-state index contributed by atoms with van der Waals surface area (Å²) in [4.78, 5) is 29.1. The molecule has 0 radical (unpaired) electrons. The van der Waals surface area contributed by atoms with Crippen molar-refractivity contribution in [2.45, 2.75) is 25.3 Å². The Balaban J connectivity index is 0.00000320. The van der Waals surface area contributed by atoms with Gasteiger partial charge < -0.3 is 20.3 Å². The highest BCUT2D eigenvalue weighted by Crippen LogP contribution is 2.16. The minimum absolute atomic E-state index is 0. The van der Waals surface area contributed by atoms with E-state index in [1.54, 1.807) is 12.0 Å². The number of methoxy groups -OCH3 is 1. The van der Waals surface area contributed by atoms with Crippen molar-refractivity contribution in [2.24, 2.45) is 5.73 Å². The summed E-state index contributed by atoms with van der Waals surface area (Å²) in [5, 5.41) is 0. The Hall–Kier alpha value is -2.57. The first kappa shape index (κ1) is 23.7. The zero-order valence-electron chi connectivity index (χ0n) is 17.3. The van der Waals surface area contributed by atoms with Gasteiger partial charge in [-0.05, 0) is 36.1 Å². The summed E-state index contributed by atoms with van der Waals surface area (Å²) < 4.78 is 5.16. The molecule has 1 fully saturated rings. The largest absolute Gasteiger partial charge is 0.497 e. The molecule has 0 saturated carbocycles. The number of carbonyl (C=O) groups excluding carboxylic acids is 2. The molecule has 1 heterocycles. The third-order valence-corrected chi connectivity index (χ3v) is 5.37. The standard InChI is InChI=1S/C23H29N3O3.ClH/c1-29-20-11-8-18(9-12-20)10-13-21(27)25-14-5-15-26(17-16-25)23(28)22(24)19-6-3-2-4-7-19;/h2-4,6-9,11-12,22H,5,10,13-17,24H2,1H3;1H. The first-order chi connectivity index (χ1) is 14.1. The van der Waals surface area contributed by atoms with Gasteiger partial charge in [0.2, 0.25) is 11.8 Å². The van der Waals surface area contributed by atoms with Gasteiger partial charge in [-0.15, -0.1) is 12.4 Å². The van der Waals surface area contributed by atoms with Crippen molar-refractivity contribution in [3.05, 3.63) is 65.7 Å². The normalized spacial score (nSPS) is 15.0. The molecule has 0 spiro atoms. The van der Waals surface area contributed by atoms with Crippen molar-refractivity contribution in [1.82, 2.24) is 9.80 Å². The third kappa shape index (κ3) is 6.21. The SMILES string of the molecule is COc1ccc(CCC(=O)N2CCCN(C(=O)C(N)c3ccccc3)CC2)cc1.Cl. The molecule has 162 valence electrons. The molecule has 3 rings (SSSR count). The van der Waals surface area contributed by atoms with Crippen LogP contribution in [0.4, 0.5) is 0 Å². The van der Waals surface area contributed by atoms with E-state index in [0.29, 0.717) is 39.0 Å². The molecule has 7 heteroatoms. The number of halogens is 1. The number of aryl methyl sites for hydroxylation is 1. The van der Waals surface area contributed by atoms with Crippen LogP contribution in [-0.4, -0.2) is 54.9 Å². The average Bonchev–Trinajstić information content (AvgIpc) is 3.04. The lowest BCUT2D eigenvalue weighted by Gasteiger charge is -2.25. The second-order valence-electron chi connectivity index (χ2n) is 7.30. The Kier molecular flexibility index (Phi) is 9.15. The summed E-state index contributed by atoms with van der Waals surface area (Å²) >= 11 is 0. The molecule has 1 aliphatic heterocycles. The predicted octanol–water partition coefficient (Wildman–Crippen LogP) is 2.81. The molecule has 2 N–H and O–H groups in total. The number of amides is 2. The third-order valence-electron chi connectivity index (χ3n) is 5.37. The van der Waals surface area contributed by atoms with Gasteiger partial charge in [0, 0.05) is 32.6 Å². The lowest BCUT2D eigenvalue weighted by atomic mass is 10.1. The van der Waals surface area contributed by atoms with Crippen LogP contribution >= 0.6 is 12.4 Å². The fraction of sp³-hybridized carbons (Fsp3) is 0.391. The number of nitrogens with two attached hydrogens (primary N) is 1. The zero-order valence-corrected chi connectivity index (χ0v) is 18.1. The Bertz CT molecular complexity index is 814. The molecule has 1 aliphatic rings. The molecule has 1 atom stereocenters. The first-order valence-corrected chi connectivity index (χ1v) is 10.1. The molecule has 1 unspecified atom stereocenters. The maximum absolute atomic E-state index is 12.8. The van der Waals surface area contributed by atoms with E-state index < -0.39 is 6.04 Å². The van der Waals surface area contributed by atoms with Crippen molar-refractivity contribution < 1.29 is 14.3 Å². The van der Waals surface area contributed by atoms with E-state index in [4.69, 9.17) is 10.5 Å². The Morgan fingerprint density at radius 2 is 1.60 bits per heavy atom. The van der Waals surface area contributed by atoms with Crippen LogP contribution < -0.4 is 10.5 Å². The molecule has 0 aromatic heterocycles. The molecule has 2 aromatic rings. The number of benzene rings is 2. The fourth-order valence-electron chi connectivity index (χ4n) is 3.59. The van der Waals surface area contributed by atoms with Gasteiger partial charge in [-0.3, -0.25) is 9.59 Å². The number of rotatable bonds is 6. The van der Waals surface area contributed by atoms with Gasteiger partial charge in [0.25, 0.3) is 0 Å². The molecule has 0 aliphatic carbocycles. The molecular weight excluding hydrogens is 402 g/mol. The molecule has 0 bridgehead atoms. The number of ether oxygens (including phenoxy) is 1. The Morgan fingerprint density at radius 1 is 0.967 bits per heavy atom. The molecule has 2 amide bonds. The number of nitrogens with zero attached hydrogens (tertiary/aromatic N) is 2. The van der Waals surface area contributed by atoms with Gasteiger partial charge in [0.05, 0.1) is 7.11 Å². The van der Waals surface area contributed by atoms with Crippen molar-refractivity contribution in [2.75, 3.05) is 33.3 Å². The topological polar surface area (TPSA) is 75.9 Å². The second kappa shape index (κ2) is 11.6. The first-order valence-electron chi connectivity index (χ1n) is 10.1. The van der Waals surface area contributed by atoms with Crippen LogP contribution in [0, 0.1) is 0 Å². The highest BCUT2D eigenvalue weighted by atomic mass is 35.5. The number of hydrogen-bond donors (Lipinski definition) is 1. The van der Waals surface area contributed by atoms with E-state index in [0.717, 1.165) is 23.3 Å². The zero-order chi connectivity index (χ0) is 20.6. The van der Waals surface area contributed by atoms with E-state index >= 15 is 0 Å². The van der Waals surface area contributed by atoms with Crippen LogP contribution in [-0.2, 0) is 16.0 Å². The minimum atomic E-state index is -0.659. The summed E-state index contributed by atoms with van der Waals surface area (Å²) in [7, 11) is 1.64. The van der Waals surface area contributed by atoms with Crippen LogP contribution in [0.2, 0.25) is 0 Å². The van der Waals surface area contributed by atoms with Gasteiger partial charge in [-0.25, -0.2) is 0 Å². The monoisotopic (exact) mass is 431 g/mol. The molecule has 2 aromatic carbocycles. The van der Waals surface area contributed by atoms with Crippen LogP contribution in [0.3, 0.4) is 0 Å². The molecule has 1 saturated heterocycles. The minimum Gasteiger partial charge on any atom is -0.497 e. The summed E-state index contributed by atoms with van der Waals surface area (Å²) in [5.41, 5.74) is 8.09. The summed E-state index contributed by atoms with van der Waals surface area (Å²) in [6, 6.07) is 16.5. The van der Waals surface area contributed by atoms with Crippen LogP contribution in [0.5, 0.6) is 5.75 Å². The highest BCUT2D eigenvalue weighted by molar-refractivity contribution is 5.85. The van der Waals surface area contributed by atoms with Crippen molar-refractivity contribution in [3.63, 3.8) is 0 Å². The van der Waals surface area contributed by atoms with E-state index in [1.165, 1.54) is 0 Å². The van der Waals surface area contributed by atoms with E-state index in [1.807, 2.05) is 59.5 Å². The molecule has 30 heavy (non-hydrogen) atoms. The van der Waals surface area contributed by atoms with E-state index in [-0.39, 0.29) is 24.2 Å². The summed E-state index contributed by atoms with van der Waals surface area (Å²) in [5.74, 6) is 0.859. The van der Waals surface area contributed by atoms with Gasteiger partial charge in [-0.2, -0.15) is 0 Å². The lowest BCUT2D eigenvalue weighted by molar-refractivity contribution is -0.134. The van der Waals surface area contributed by atoms with Gasteiger partial charge in [-0.1, -0.05) is 42.5 Å². The van der Waals surface area contributed by atoms with Crippen LogP contribution in [0.1, 0.15) is 30.0 Å². The Labute approximate surface area is 184 Å². The smallest absolute Gasteiger partial charge is 0.244 e. The van der Waals surface area contributed by atoms with E-state index in [9.17, 15) is 9.59 Å². The number of carbonyl (C=O) groups is 2. The van der Waals surface area contributed by atoms with E-state index in [2.05, 4.69) is 0 Å². The number of hydrogen-bond acceptors (Lipinski definition) is 4. The summed E-state index contributed by atoms with van der Waals surface area (Å²) in [6.45, 7) is 2.37. The lowest BCUT2D eigenvalue weighted by Crippen LogP contribution is -2.41. The highest BCUT2D eigenvalue weighted by Gasteiger charge is 2.26. The van der Waals surface area contributed by atoms with Crippen LogP contribution in [0.25, 0.3) is 0 Å². The maximum Gasteiger partial charge on any atom is 0.244 e. The Morgan fingerprint density at radius 3 is 2.27 bits per heavy atom. The fourth-order valence-corrected chi connectivity index (χ4v) is 3.59. The van der Waals surface area contributed by atoms with Gasteiger partial charge >= 0.3 is 0 Å². The second-order valence-corrected chi connectivity index (χ2v) is 7.30. The maximum atomic E-state index is 12.8. The van der Waals surface area contributed by atoms with Gasteiger partial charge in [0.1, 0.15) is 11.8 Å². The quantitative estimate of drug-likeness (QED) is 0.763. The van der Waals surface area contributed by atoms with Crippen molar-refractivity contribution in [3.8, 4) is 5.75 Å². The predicted molar refractivity (Wildman–Crippen MR) is 120 cm³/mol.